The highest BCUT2D eigenvalue weighted by atomic mass is 16.5. The Bertz CT molecular complexity index is 835. The molecule has 6 nitrogen and oxygen atoms in total. The number of carbonyl (C=O) groups is 2. The quantitative estimate of drug-likeness (QED) is 0.718. The molecule has 1 saturated carbocycles. The first-order valence-electron chi connectivity index (χ1n) is 10.1. The summed E-state index contributed by atoms with van der Waals surface area (Å²) in [5.74, 6) is 1.06. The van der Waals surface area contributed by atoms with Gasteiger partial charge in [-0.1, -0.05) is 24.6 Å². The lowest BCUT2D eigenvalue weighted by atomic mass is 10.0. The van der Waals surface area contributed by atoms with E-state index < -0.39 is 0 Å². The maximum atomic E-state index is 12.8. The van der Waals surface area contributed by atoms with Gasteiger partial charge < -0.3 is 20.1 Å². The maximum Gasteiger partial charge on any atom is 0.251 e. The molecule has 2 N–H and O–H groups in total. The van der Waals surface area contributed by atoms with Crippen LogP contribution in [0.25, 0.3) is 0 Å². The van der Waals surface area contributed by atoms with Gasteiger partial charge in [0.1, 0.15) is 11.5 Å². The molecular weight excluding hydrogens is 368 g/mol. The van der Waals surface area contributed by atoms with Crippen LogP contribution in [0.1, 0.15) is 42.1 Å². The molecule has 0 bridgehead atoms. The highest BCUT2D eigenvalue weighted by Crippen LogP contribution is 2.27. The van der Waals surface area contributed by atoms with Crippen molar-refractivity contribution in [3.8, 4) is 11.5 Å². The number of hydrogen-bond acceptors (Lipinski definition) is 4. The summed E-state index contributed by atoms with van der Waals surface area (Å²) in [7, 11) is 1.59. The number of rotatable bonds is 8. The maximum absolute atomic E-state index is 12.8. The molecule has 0 aliphatic heterocycles. The largest absolute Gasteiger partial charge is 0.497 e. The Labute approximate surface area is 171 Å². The highest BCUT2D eigenvalue weighted by molar-refractivity contribution is 5.95. The molecule has 0 heterocycles. The lowest BCUT2D eigenvalue weighted by Crippen LogP contribution is -2.43. The van der Waals surface area contributed by atoms with E-state index in [0.29, 0.717) is 24.5 Å². The molecule has 1 aliphatic carbocycles. The first-order valence-corrected chi connectivity index (χ1v) is 10.1. The Balaban J connectivity index is 1.58. The Hall–Kier alpha value is -3.02. The molecule has 2 aromatic carbocycles. The van der Waals surface area contributed by atoms with Crippen LogP contribution in [0, 0.1) is 5.92 Å². The number of amides is 2. The summed E-state index contributed by atoms with van der Waals surface area (Å²) in [6.45, 7) is 2.92. The van der Waals surface area contributed by atoms with Crippen molar-refractivity contribution in [3.63, 3.8) is 0 Å². The van der Waals surface area contributed by atoms with Gasteiger partial charge in [-0.15, -0.1) is 0 Å². The third kappa shape index (κ3) is 5.28. The van der Waals surface area contributed by atoms with Crippen LogP contribution in [0.15, 0.2) is 48.5 Å². The minimum Gasteiger partial charge on any atom is -0.497 e. The number of para-hydroxylation sites is 1. The van der Waals surface area contributed by atoms with Crippen molar-refractivity contribution in [1.29, 1.82) is 0 Å². The number of benzene rings is 2. The van der Waals surface area contributed by atoms with Crippen molar-refractivity contribution in [3.05, 3.63) is 59.7 Å². The van der Waals surface area contributed by atoms with E-state index in [1.165, 1.54) is 0 Å². The standard InChI is InChI=1S/C23H28N2O4/c1-3-29-21-10-5-4-7-17(21)15-24-23(27)19-8-6-9-20(19)25-22(26)16-11-13-18(28-2)14-12-16/h4-5,7,10-14,19-20H,3,6,8-9,15H2,1-2H3,(H,24,27)(H,25,26)/t19-,20+/m0/s1. The molecule has 3 rings (SSSR count). The average Bonchev–Trinajstić information content (AvgIpc) is 3.21. The van der Waals surface area contributed by atoms with Gasteiger partial charge in [-0.05, 0) is 50.1 Å². The minimum absolute atomic E-state index is 0.0335. The van der Waals surface area contributed by atoms with Crippen LogP contribution in [-0.4, -0.2) is 31.6 Å². The smallest absolute Gasteiger partial charge is 0.251 e. The van der Waals surface area contributed by atoms with E-state index in [1.807, 2.05) is 31.2 Å². The van der Waals surface area contributed by atoms with Crippen LogP contribution >= 0.6 is 0 Å². The Kier molecular flexibility index (Phi) is 7.11. The van der Waals surface area contributed by atoms with Crippen molar-refractivity contribution >= 4 is 11.8 Å². The van der Waals surface area contributed by atoms with Gasteiger partial charge in [0.2, 0.25) is 5.91 Å². The van der Waals surface area contributed by atoms with Crippen molar-refractivity contribution in [2.24, 2.45) is 5.92 Å². The SMILES string of the molecule is CCOc1ccccc1CNC(=O)[C@H]1CCC[C@H]1NC(=O)c1ccc(OC)cc1. The number of nitrogens with one attached hydrogen (secondary N) is 2. The second kappa shape index (κ2) is 9.96. The monoisotopic (exact) mass is 396 g/mol. The molecule has 0 radical (unpaired) electrons. The molecule has 2 amide bonds. The van der Waals surface area contributed by atoms with Gasteiger partial charge in [0.25, 0.3) is 5.91 Å². The fraction of sp³-hybridized carbons (Fsp3) is 0.391. The second-order valence-corrected chi connectivity index (χ2v) is 7.10. The first-order chi connectivity index (χ1) is 14.1. The topological polar surface area (TPSA) is 76.7 Å². The van der Waals surface area contributed by atoms with Crippen molar-refractivity contribution in [2.45, 2.75) is 38.8 Å². The molecule has 29 heavy (non-hydrogen) atoms. The second-order valence-electron chi connectivity index (χ2n) is 7.10. The Morgan fingerprint density at radius 3 is 2.55 bits per heavy atom. The zero-order valence-corrected chi connectivity index (χ0v) is 16.9. The van der Waals surface area contributed by atoms with Crippen LogP contribution in [-0.2, 0) is 11.3 Å². The number of carbonyl (C=O) groups excluding carboxylic acids is 2. The lowest BCUT2D eigenvalue weighted by Gasteiger charge is -2.21. The molecule has 0 aromatic heterocycles. The molecule has 6 heteroatoms. The van der Waals surface area contributed by atoms with Crippen LogP contribution in [0.5, 0.6) is 11.5 Å². The van der Waals surface area contributed by atoms with Gasteiger partial charge in [-0.3, -0.25) is 9.59 Å². The van der Waals surface area contributed by atoms with Gasteiger partial charge in [0.05, 0.1) is 19.6 Å². The Morgan fingerprint density at radius 2 is 1.83 bits per heavy atom. The number of hydrogen-bond donors (Lipinski definition) is 2. The summed E-state index contributed by atoms with van der Waals surface area (Å²) in [4.78, 5) is 25.3. The van der Waals surface area contributed by atoms with Crippen LogP contribution < -0.4 is 20.1 Å². The van der Waals surface area contributed by atoms with E-state index in [0.717, 1.165) is 30.6 Å². The normalized spacial score (nSPS) is 18.1. The van der Waals surface area contributed by atoms with E-state index in [-0.39, 0.29) is 23.8 Å². The van der Waals surface area contributed by atoms with Crippen molar-refractivity contribution < 1.29 is 19.1 Å². The number of methoxy groups -OCH3 is 1. The molecule has 0 spiro atoms. The van der Waals surface area contributed by atoms with Gasteiger partial charge in [-0.2, -0.15) is 0 Å². The van der Waals surface area contributed by atoms with Crippen LogP contribution in [0.3, 0.4) is 0 Å². The lowest BCUT2D eigenvalue weighted by molar-refractivity contribution is -0.125. The summed E-state index contributed by atoms with van der Waals surface area (Å²) in [5.41, 5.74) is 1.50. The van der Waals surface area contributed by atoms with Gasteiger partial charge >= 0.3 is 0 Å². The highest BCUT2D eigenvalue weighted by Gasteiger charge is 2.34. The fourth-order valence-electron chi connectivity index (χ4n) is 3.70. The first kappa shape index (κ1) is 20.7. The summed E-state index contributed by atoms with van der Waals surface area (Å²) >= 11 is 0. The van der Waals surface area contributed by atoms with E-state index in [9.17, 15) is 9.59 Å². The molecule has 2 atom stereocenters. The summed E-state index contributed by atoms with van der Waals surface area (Å²) in [6.07, 6.45) is 2.49. The van der Waals surface area contributed by atoms with E-state index in [1.54, 1.807) is 31.4 Å². The predicted molar refractivity (Wildman–Crippen MR) is 111 cm³/mol. The van der Waals surface area contributed by atoms with Crippen LogP contribution in [0.4, 0.5) is 0 Å². The Morgan fingerprint density at radius 1 is 1.07 bits per heavy atom. The van der Waals surface area contributed by atoms with Gasteiger partial charge in [0.15, 0.2) is 0 Å². The van der Waals surface area contributed by atoms with E-state index in [4.69, 9.17) is 9.47 Å². The summed E-state index contributed by atoms with van der Waals surface area (Å²) in [5, 5.41) is 6.04. The molecule has 1 fully saturated rings. The average molecular weight is 396 g/mol. The third-order valence-electron chi connectivity index (χ3n) is 5.25. The molecule has 0 unspecified atom stereocenters. The molecule has 154 valence electrons. The van der Waals surface area contributed by atoms with Crippen LogP contribution in [0.2, 0.25) is 0 Å². The molecule has 2 aromatic rings. The minimum atomic E-state index is -0.226. The predicted octanol–water partition coefficient (Wildman–Crippen LogP) is 3.31. The van der Waals surface area contributed by atoms with Gasteiger partial charge in [-0.25, -0.2) is 0 Å². The third-order valence-corrected chi connectivity index (χ3v) is 5.25. The van der Waals surface area contributed by atoms with Gasteiger partial charge in [0, 0.05) is 23.7 Å². The summed E-state index contributed by atoms with van der Waals surface area (Å²) < 4.78 is 10.7. The van der Waals surface area contributed by atoms with E-state index >= 15 is 0 Å². The zero-order valence-electron chi connectivity index (χ0n) is 16.9. The zero-order chi connectivity index (χ0) is 20.6. The fourth-order valence-corrected chi connectivity index (χ4v) is 3.70. The molecule has 0 saturated heterocycles. The molecular formula is C23H28N2O4. The van der Waals surface area contributed by atoms with Crippen molar-refractivity contribution in [1.82, 2.24) is 10.6 Å². The van der Waals surface area contributed by atoms with E-state index in [2.05, 4.69) is 10.6 Å². The summed E-state index contributed by atoms with van der Waals surface area (Å²) in [6, 6.07) is 14.5. The molecule has 1 aliphatic rings. The van der Waals surface area contributed by atoms with Crippen molar-refractivity contribution in [2.75, 3.05) is 13.7 Å². The number of ether oxygens (including phenoxy) is 2.